The first-order valence-corrected chi connectivity index (χ1v) is 12.9. The lowest BCUT2D eigenvalue weighted by Crippen LogP contribution is -2.14. The lowest BCUT2D eigenvalue weighted by Gasteiger charge is -2.28. The van der Waals surface area contributed by atoms with Crippen molar-refractivity contribution in [3.05, 3.63) is 77.4 Å². The second kappa shape index (κ2) is 7.23. The second-order valence-electron chi connectivity index (χ2n) is 11.6. The van der Waals surface area contributed by atoms with Crippen molar-refractivity contribution >= 4 is 16.5 Å². The molecule has 0 amide bonds. The molecule has 33 heavy (non-hydrogen) atoms. The van der Waals surface area contributed by atoms with Crippen LogP contribution in [0.15, 0.2) is 55.1 Å². The number of rotatable bonds is 3. The summed E-state index contributed by atoms with van der Waals surface area (Å²) in [6, 6.07) is 14.3. The predicted molar refractivity (Wildman–Crippen MR) is 142 cm³/mol. The molecule has 1 heteroatoms. The van der Waals surface area contributed by atoms with E-state index >= 15 is 0 Å². The highest BCUT2D eigenvalue weighted by Crippen LogP contribution is 2.68. The number of hydrogen-bond donors (Lipinski definition) is 0. The largest absolute Gasteiger partial charge is 0.339 e. The molecule has 2 unspecified atom stereocenters. The number of allylic oxidation sites excluding steroid dienone is 2. The third-order valence-electron chi connectivity index (χ3n) is 9.22. The van der Waals surface area contributed by atoms with Crippen molar-refractivity contribution in [3.8, 4) is 11.3 Å². The third kappa shape index (κ3) is 3.04. The molecule has 0 saturated heterocycles. The lowest BCUT2D eigenvalue weighted by atomic mass is 9.77. The van der Waals surface area contributed by atoms with Crippen LogP contribution in [0, 0.1) is 18.3 Å². The van der Waals surface area contributed by atoms with Crippen LogP contribution >= 0.6 is 0 Å². The van der Waals surface area contributed by atoms with Crippen molar-refractivity contribution in [1.29, 1.82) is 0 Å². The molecule has 0 N–H and O–H groups in total. The molecule has 0 radical (unpaired) electrons. The molecule has 1 nitrogen and oxygen atoms in total. The van der Waals surface area contributed by atoms with Crippen molar-refractivity contribution in [1.82, 2.24) is 4.57 Å². The Kier molecular flexibility index (Phi) is 4.60. The van der Waals surface area contributed by atoms with Gasteiger partial charge in [0.1, 0.15) is 0 Å². The van der Waals surface area contributed by atoms with Gasteiger partial charge in [-0.05, 0) is 80.5 Å². The van der Waals surface area contributed by atoms with E-state index in [2.05, 4.69) is 81.8 Å². The van der Waals surface area contributed by atoms with Gasteiger partial charge in [-0.3, -0.25) is 0 Å². The molecule has 6 rings (SSSR count). The quantitative estimate of drug-likeness (QED) is 0.362. The maximum Gasteiger partial charge on any atom is 0.0529 e. The molecule has 0 bridgehead atoms. The summed E-state index contributed by atoms with van der Waals surface area (Å²) in [6.07, 6.45) is 6.55. The molecule has 2 aliphatic carbocycles. The fourth-order valence-electron chi connectivity index (χ4n) is 7.02. The summed E-state index contributed by atoms with van der Waals surface area (Å²) in [4.78, 5) is 0. The normalized spacial score (nSPS) is 27.9. The number of aryl methyl sites for hydroxylation is 1. The zero-order valence-corrected chi connectivity index (χ0v) is 20.8. The van der Waals surface area contributed by atoms with E-state index in [1.54, 1.807) is 11.1 Å². The van der Waals surface area contributed by atoms with Gasteiger partial charge in [0.2, 0.25) is 0 Å². The fraction of sp³-hybridized carbons (Fsp3) is 0.438. The average molecular weight is 436 g/mol. The van der Waals surface area contributed by atoms with Gasteiger partial charge in [-0.25, -0.2) is 0 Å². The van der Waals surface area contributed by atoms with E-state index in [0.29, 0.717) is 11.8 Å². The Labute approximate surface area is 199 Å². The van der Waals surface area contributed by atoms with Gasteiger partial charge < -0.3 is 4.57 Å². The Morgan fingerprint density at radius 3 is 2.45 bits per heavy atom. The average Bonchev–Trinajstić information content (AvgIpc) is 3.46. The summed E-state index contributed by atoms with van der Waals surface area (Å²) < 4.78 is 2.70. The Morgan fingerprint density at radius 1 is 1.00 bits per heavy atom. The van der Waals surface area contributed by atoms with E-state index in [1.807, 2.05) is 0 Å². The summed E-state index contributed by atoms with van der Waals surface area (Å²) >= 11 is 0. The molecule has 2 aromatic carbocycles. The fourth-order valence-corrected chi connectivity index (χ4v) is 7.02. The van der Waals surface area contributed by atoms with E-state index in [-0.39, 0.29) is 5.41 Å². The highest BCUT2D eigenvalue weighted by molar-refractivity contribution is 5.95. The van der Waals surface area contributed by atoms with Gasteiger partial charge in [-0.1, -0.05) is 80.0 Å². The first-order valence-electron chi connectivity index (χ1n) is 12.9. The highest BCUT2D eigenvalue weighted by atomic mass is 15.0. The van der Waals surface area contributed by atoms with E-state index in [1.165, 1.54) is 71.0 Å². The second-order valence-corrected chi connectivity index (χ2v) is 11.6. The van der Waals surface area contributed by atoms with Crippen LogP contribution in [0.5, 0.6) is 0 Å². The summed E-state index contributed by atoms with van der Waals surface area (Å²) in [5, 5.41) is 1.47. The standard InChI is InChI=1S/C32H37N/c1-19(2)24-12-14-26-29(16-24)33-18-32(20(3)4)17-28(32)27-15-22(6)9-13-25(27)31(33)30(26)23-10-7-21(5)8-11-23/h9,12-16,21,23,28H,1,3,7-8,10-11,17-18H2,2,4-6H3. The van der Waals surface area contributed by atoms with E-state index in [9.17, 15) is 0 Å². The Bertz CT molecular complexity index is 1310. The van der Waals surface area contributed by atoms with Crippen LogP contribution in [0.1, 0.15) is 87.0 Å². The molecule has 1 aliphatic heterocycles. The Balaban J connectivity index is 1.68. The summed E-state index contributed by atoms with van der Waals surface area (Å²) in [5.74, 6) is 2.11. The van der Waals surface area contributed by atoms with Gasteiger partial charge >= 0.3 is 0 Å². The summed E-state index contributed by atoms with van der Waals surface area (Å²) in [7, 11) is 0. The number of hydrogen-bond acceptors (Lipinski definition) is 0. The molecule has 2 atom stereocenters. The SMILES string of the molecule is C=C(C)c1ccc2c(C3CCC(C)CC3)c3n(c2c1)CC1(C(=C)C)CC1c1cc(C)ccc1-3. The number of aromatic nitrogens is 1. The Morgan fingerprint density at radius 2 is 1.76 bits per heavy atom. The van der Waals surface area contributed by atoms with Gasteiger partial charge in [0.25, 0.3) is 0 Å². The van der Waals surface area contributed by atoms with Crippen LogP contribution in [0.3, 0.4) is 0 Å². The van der Waals surface area contributed by atoms with Crippen LogP contribution in [-0.4, -0.2) is 4.57 Å². The zero-order chi connectivity index (χ0) is 23.1. The minimum Gasteiger partial charge on any atom is -0.339 e. The van der Waals surface area contributed by atoms with Crippen LogP contribution in [0.4, 0.5) is 0 Å². The highest BCUT2D eigenvalue weighted by Gasteiger charge is 2.58. The molecule has 3 aliphatic rings. The summed E-state index contributed by atoms with van der Waals surface area (Å²) in [6.45, 7) is 18.9. The molecular formula is C32H37N. The number of nitrogens with zero attached hydrogens (tertiary/aromatic N) is 1. The van der Waals surface area contributed by atoms with Gasteiger partial charge in [-0.2, -0.15) is 0 Å². The van der Waals surface area contributed by atoms with Gasteiger partial charge in [0.15, 0.2) is 0 Å². The zero-order valence-electron chi connectivity index (χ0n) is 20.8. The van der Waals surface area contributed by atoms with Crippen LogP contribution in [0.2, 0.25) is 0 Å². The summed E-state index contributed by atoms with van der Waals surface area (Å²) in [5.41, 5.74) is 12.9. The molecule has 1 aromatic heterocycles. The number of benzene rings is 2. The third-order valence-corrected chi connectivity index (χ3v) is 9.22. The monoisotopic (exact) mass is 435 g/mol. The van der Waals surface area contributed by atoms with Crippen molar-refractivity contribution in [2.45, 2.75) is 78.2 Å². The maximum atomic E-state index is 4.51. The smallest absolute Gasteiger partial charge is 0.0529 e. The van der Waals surface area contributed by atoms with Crippen molar-refractivity contribution in [3.63, 3.8) is 0 Å². The molecule has 2 saturated carbocycles. The van der Waals surface area contributed by atoms with Crippen molar-refractivity contribution < 1.29 is 0 Å². The first kappa shape index (κ1) is 21.0. The first-order chi connectivity index (χ1) is 15.8. The predicted octanol–water partition coefficient (Wildman–Crippen LogP) is 9.01. The van der Waals surface area contributed by atoms with Gasteiger partial charge in [0, 0.05) is 28.4 Å². The Hall–Kier alpha value is -2.54. The number of fused-ring (bicyclic) bond motifs is 7. The molecule has 2 fully saturated rings. The van der Waals surface area contributed by atoms with E-state index in [4.69, 9.17) is 0 Å². The molecule has 170 valence electrons. The maximum absolute atomic E-state index is 4.51. The molecule has 3 aromatic rings. The minimum atomic E-state index is 0.192. The molecule has 0 spiro atoms. The van der Waals surface area contributed by atoms with Crippen molar-refractivity contribution in [2.75, 3.05) is 0 Å². The molecular weight excluding hydrogens is 398 g/mol. The van der Waals surface area contributed by atoms with Crippen LogP contribution < -0.4 is 0 Å². The van der Waals surface area contributed by atoms with Crippen molar-refractivity contribution in [2.24, 2.45) is 11.3 Å². The van der Waals surface area contributed by atoms with E-state index in [0.717, 1.165) is 18.0 Å². The minimum absolute atomic E-state index is 0.192. The van der Waals surface area contributed by atoms with Crippen LogP contribution in [-0.2, 0) is 6.54 Å². The topological polar surface area (TPSA) is 4.93 Å². The van der Waals surface area contributed by atoms with Gasteiger partial charge in [-0.15, -0.1) is 0 Å². The lowest BCUT2D eigenvalue weighted by molar-refractivity contribution is 0.349. The molecule has 2 heterocycles. The van der Waals surface area contributed by atoms with E-state index < -0.39 is 0 Å². The van der Waals surface area contributed by atoms with Gasteiger partial charge in [0.05, 0.1) is 5.69 Å². The van der Waals surface area contributed by atoms with Crippen LogP contribution in [0.25, 0.3) is 27.7 Å².